The van der Waals surface area contributed by atoms with E-state index in [1.165, 1.54) is 4.90 Å². The van der Waals surface area contributed by atoms with E-state index >= 15 is 0 Å². The minimum absolute atomic E-state index is 0.102. The Morgan fingerprint density at radius 1 is 1.27 bits per heavy atom. The third kappa shape index (κ3) is 1.91. The number of nitrogens with zero attached hydrogens (tertiary/aromatic N) is 1. The van der Waals surface area contributed by atoms with E-state index in [9.17, 15) is 9.59 Å². The maximum Gasteiger partial charge on any atom is 0.261 e. The molecule has 0 saturated carbocycles. The molecule has 0 saturated heterocycles. The molecule has 0 unspecified atom stereocenters. The van der Waals surface area contributed by atoms with Crippen LogP contribution in [-0.4, -0.2) is 22.8 Å². The van der Waals surface area contributed by atoms with E-state index in [4.69, 9.17) is 0 Å². The van der Waals surface area contributed by atoms with E-state index in [0.29, 0.717) is 11.1 Å². The zero-order valence-electron chi connectivity index (χ0n) is 9.28. The molecule has 0 N–H and O–H groups in total. The number of carbonyl (C=O) groups is 2. The van der Waals surface area contributed by atoms with Crippen molar-refractivity contribution in [3.8, 4) is 0 Å². The first-order chi connectivity index (χ1) is 7.00. The first kappa shape index (κ1) is 11.4. The highest BCUT2D eigenvalue weighted by atomic mass is 16.2. The maximum absolute atomic E-state index is 11.8. The van der Waals surface area contributed by atoms with E-state index in [2.05, 4.69) is 6.58 Å². The van der Waals surface area contributed by atoms with Crippen LogP contribution in [0.5, 0.6) is 0 Å². The van der Waals surface area contributed by atoms with Gasteiger partial charge in [0.2, 0.25) is 0 Å². The second-order valence-electron chi connectivity index (χ2n) is 3.71. The Morgan fingerprint density at radius 3 is 2.27 bits per heavy atom. The summed E-state index contributed by atoms with van der Waals surface area (Å²) >= 11 is 0. The summed E-state index contributed by atoms with van der Waals surface area (Å²) in [7, 11) is 0. The number of hydrogen-bond acceptors (Lipinski definition) is 2. The Hall–Kier alpha value is -1.64. The van der Waals surface area contributed by atoms with Crippen LogP contribution < -0.4 is 0 Å². The molecule has 0 spiro atoms. The average Bonchev–Trinajstić information content (AvgIpc) is 2.37. The van der Waals surface area contributed by atoms with Gasteiger partial charge in [-0.3, -0.25) is 14.5 Å². The van der Waals surface area contributed by atoms with Crippen LogP contribution in [0.4, 0.5) is 0 Å². The van der Waals surface area contributed by atoms with Gasteiger partial charge in [0.1, 0.15) is 0 Å². The summed E-state index contributed by atoms with van der Waals surface area (Å²) in [5.41, 5.74) is 0.973. The summed E-state index contributed by atoms with van der Waals surface area (Å²) < 4.78 is 0. The van der Waals surface area contributed by atoms with Crippen molar-refractivity contribution in [2.75, 3.05) is 0 Å². The molecule has 80 valence electrons. The number of allylic oxidation sites excluding steroid dienone is 2. The zero-order chi connectivity index (χ0) is 11.6. The Morgan fingerprint density at radius 2 is 1.87 bits per heavy atom. The van der Waals surface area contributed by atoms with Gasteiger partial charge in [-0.15, -0.1) is 0 Å². The second-order valence-corrected chi connectivity index (χ2v) is 3.71. The molecule has 3 nitrogen and oxygen atoms in total. The van der Waals surface area contributed by atoms with Crippen molar-refractivity contribution < 1.29 is 9.59 Å². The standard InChI is InChI=1S/C12H15NO2/c1-5-6-7-10-9(4)11(14)13(8(2)3)12(10)15/h5-8H,1H2,2-4H3/b7-6-. The molecule has 0 aliphatic carbocycles. The molecule has 0 radical (unpaired) electrons. The molecule has 1 rings (SSSR count). The fourth-order valence-corrected chi connectivity index (χ4v) is 1.51. The lowest BCUT2D eigenvalue weighted by Crippen LogP contribution is -2.37. The number of amides is 2. The van der Waals surface area contributed by atoms with Gasteiger partial charge in [-0.2, -0.15) is 0 Å². The molecule has 0 atom stereocenters. The highest BCUT2D eigenvalue weighted by molar-refractivity contribution is 6.20. The Balaban J connectivity index is 3.08. The zero-order valence-corrected chi connectivity index (χ0v) is 9.28. The third-order valence-electron chi connectivity index (χ3n) is 2.31. The van der Waals surface area contributed by atoms with Gasteiger partial charge in [-0.25, -0.2) is 0 Å². The summed E-state index contributed by atoms with van der Waals surface area (Å²) in [5.74, 6) is -0.413. The predicted molar refractivity (Wildman–Crippen MR) is 59.0 cm³/mol. The van der Waals surface area contributed by atoms with Crippen molar-refractivity contribution in [3.05, 3.63) is 36.0 Å². The number of carbonyl (C=O) groups excluding carboxylic acids is 2. The Labute approximate surface area is 89.8 Å². The summed E-state index contributed by atoms with van der Waals surface area (Å²) in [5, 5.41) is 0. The topological polar surface area (TPSA) is 37.4 Å². The van der Waals surface area contributed by atoms with Gasteiger partial charge in [0.25, 0.3) is 11.8 Å². The van der Waals surface area contributed by atoms with Gasteiger partial charge in [0.05, 0.1) is 0 Å². The smallest absolute Gasteiger partial charge is 0.261 e. The summed E-state index contributed by atoms with van der Waals surface area (Å²) in [6, 6.07) is -0.102. The normalized spacial score (nSPS) is 17.5. The highest BCUT2D eigenvalue weighted by Gasteiger charge is 2.35. The predicted octanol–water partition coefficient (Wildman–Crippen LogP) is 1.82. The van der Waals surface area contributed by atoms with Crippen LogP contribution in [0, 0.1) is 0 Å². The molecule has 1 aliphatic heterocycles. The number of rotatable bonds is 3. The minimum atomic E-state index is -0.217. The van der Waals surface area contributed by atoms with Crippen LogP contribution in [0.2, 0.25) is 0 Å². The van der Waals surface area contributed by atoms with Gasteiger partial charge in [-0.05, 0) is 26.8 Å². The molecule has 1 heterocycles. The van der Waals surface area contributed by atoms with Crippen LogP contribution in [0.1, 0.15) is 20.8 Å². The van der Waals surface area contributed by atoms with Gasteiger partial charge in [-0.1, -0.05) is 18.7 Å². The first-order valence-corrected chi connectivity index (χ1v) is 4.88. The summed E-state index contributed by atoms with van der Waals surface area (Å²) in [6.45, 7) is 8.84. The molecule has 0 aromatic carbocycles. The third-order valence-corrected chi connectivity index (χ3v) is 2.31. The quantitative estimate of drug-likeness (QED) is 0.520. The molecule has 3 heteroatoms. The van der Waals surface area contributed by atoms with Crippen molar-refractivity contribution in [2.24, 2.45) is 0 Å². The second kappa shape index (κ2) is 4.26. The molecule has 0 aromatic rings. The van der Waals surface area contributed by atoms with Crippen LogP contribution in [0.3, 0.4) is 0 Å². The van der Waals surface area contributed by atoms with E-state index in [1.807, 2.05) is 13.8 Å². The lowest BCUT2D eigenvalue weighted by atomic mass is 10.1. The van der Waals surface area contributed by atoms with E-state index < -0.39 is 0 Å². The molecular formula is C12H15NO2. The molecule has 1 aliphatic rings. The lowest BCUT2D eigenvalue weighted by Gasteiger charge is -2.18. The summed E-state index contributed by atoms with van der Waals surface area (Å²) in [4.78, 5) is 24.8. The monoisotopic (exact) mass is 205 g/mol. The van der Waals surface area contributed by atoms with Crippen molar-refractivity contribution in [2.45, 2.75) is 26.8 Å². The molecule has 0 fully saturated rings. The summed E-state index contributed by atoms with van der Waals surface area (Å²) in [6.07, 6.45) is 4.87. The molecule has 2 amide bonds. The highest BCUT2D eigenvalue weighted by Crippen LogP contribution is 2.23. The maximum atomic E-state index is 11.8. The lowest BCUT2D eigenvalue weighted by molar-refractivity contribution is -0.139. The van der Waals surface area contributed by atoms with E-state index in [-0.39, 0.29) is 17.9 Å². The molecule has 0 bridgehead atoms. The molecule has 15 heavy (non-hydrogen) atoms. The SMILES string of the molecule is C=C/C=C\C1=C(C)C(=O)N(C(C)C)C1=O. The molecule has 0 aromatic heterocycles. The van der Waals surface area contributed by atoms with Gasteiger partial charge in [0.15, 0.2) is 0 Å². The van der Waals surface area contributed by atoms with Crippen LogP contribution in [0.25, 0.3) is 0 Å². The number of hydrogen-bond donors (Lipinski definition) is 0. The first-order valence-electron chi connectivity index (χ1n) is 4.88. The van der Waals surface area contributed by atoms with Gasteiger partial charge < -0.3 is 0 Å². The fourth-order valence-electron chi connectivity index (χ4n) is 1.51. The largest absolute Gasteiger partial charge is 0.272 e. The fraction of sp³-hybridized carbons (Fsp3) is 0.333. The van der Waals surface area contributed by atoms with Crippen molar-refractivity contribution >= 4 is 11.8 Å². The molecular weight excluding hydrogens is 190 g/mol. The average molecular weight is 205 g/mol. The van der Waals surface area contributed by atoms with Crippen LogP contribution >= 0.6 is 0 Å². The van der Waals surface area contributed by atoms with Crippen molar-refractivity contribution in [1.29, 1.82) is 0 Å². The van der Waals surface area contributed by atoms with Gasteiger partial charge in [0, 0.05) is 17.2 Å². The Kier molecular flexibility index (Phi) is 3.24. The van der Waals surface area contributed by atoms with Crippen molar-refractivity contribution in [3.63, 3.8) is 0 Å². The van der Waals surface area contributed by atoms with Crippen LogP contribution in [0.15, 0.2) is 36.0 Å². The van der Waals surface area contributed by atoms with E-state index in [1.54, 1.807) is 25.2 Å². The number of imide groups is 1. The van der Waals surface area contributed by atoms with Gasteiger partial charge >= 0.3 is 0 Å². The van der Waals surface area contributed by atoms with E-state index in [0.717, 1.165) is 0 Å². The minimum Gasteiger partial charge on any atom is -0.272 e. The Bertz CT molecular complexity index is 375. The van der Waals surface area contributed by atoms with Crippen LogP contribution in [-0.2, 0) is 9.59 Å². The van der Waals surface area contributed by atoms with Crippen molar-refractivity contribution in [1.82, 2.24) is 4.90 Å².